The standard InChI is InChI=1S/C26H32FN3O3/c27-21-4-3-18(12-22(21)29-9-7-28-8-10-29)25-23(33-16-31)5-6-24(32)30(25)26-13-17-1-2-19(14-26)20(11-17)15-26/h3-4,12,16-17,19-20,28H,1-2,5-11,13-15H2. The molecule has 2 heterocycles. The van der Waals surface area contributed by atoms with Gasteiger partial charge < -0.3 is 19.9 Å². The lowest BCUT2D eigenvalue weighted by molar-refractivity contribution is -0.136. The summed E-state index contributed by atoms with van der Waals surface area (Å²) < 4.78 is 20.4. The van der Waals surface area contributed by atoms with Crippen molar-refractivity contribution in [2.75, 3.05) is 31.1 Å². The number of hydrogen-bond acceptors (Lipinski definition) is 5. The minimum Gasteiger partial charge on any atom is -0.431 e. The Kier molecular flexibility index (Phi) is 5.20. The zero-order valence-corrected chi connectivity index (χ0v) is 19.0. The number of ether oxygens (including phenoxy) is 1. The normalized spacial score (nSPS) is 33.6. The third kappa shape index (κ3) is 3.47. The summed E-state index contributed by atoms with van der Waals surface area (Å²) in [6.07, 6.45) is 7.64. The molecule has 0 radical (unpaired) electrons. The first kappa shape index (κ1) is 21.1. The largest absolute Gasteiger partial charge is 0.431 e. The molecule has 3 bridgehead atoms. The second-order valence-electron chi connectivity index (χ2n) is 10.7. The molecule has 1 aromatic carbocycles. The van der Waals surface area contributed by atoms with E-state index in [-0.39, 0.29) is 17.3 Å². The number of piperazine rings is 1. The first-order chi connectivity index (χ1) is 16.1. The summed E-state index contributed by atoms with van der Waals surface area (Å²) in [5, 5.41) is 3.31. The molecule has 6 nitrogen and oxygen atoms in total. The number of carbonyl (C=O) groups is 2. The maximum absolute atomic E-state index is 14.9. The molecule has 0 spiro atoms. The van der Waals surface area contributed by atoms with Crippen LogP contribution in [0.15, 0.2) is 24.0 Å². The molecule has 1 aromatic rings. The number of hydrogen-bond donors (Lipinski definition) is 1. The van der Waals surface area contributed by atoms with Crippen LogP contribution in [0.4, 0.5) is 10.1 Å². The molecular weight excluding hydrogens is 421 g/mol. The van der Waals surface area contributed by atoms with Crippen LogP contribution in [0.2, 0.25) is 0 Å². The van der Waals surface area contributed by atoms with Crippen molar-refractivity contribution < 1.29 is 18.7 Å². The van der Waals surface area contributed by atoms with E-state index in [1.807, 2.05) is 11.0 Å². The Hall–Kier alpha value is -2.41. The highest BCUT2D eigenvalue weighted by molar-refractivity contribution is 5.92. The highest BCUT2D eigenvalue weighted by atomic mass is 19.1. The Bertz CT molecular complexity index is 1000. The molecule has 176 valence electrons. The van der Waals surface area contributed by atoms with E-state index in [0.29, 0.717) is 54.2 Å². The van der Waals surface area contributed by atoms with E-state index >= 15 is 0 Å². The molecule has 4 fully saturated rings. The molecule has 3 saturated carbocycles. The minimum atomic E-state index is -0.261. The van der Waals surface area contributed by atoms with Crippen molar-refractivity contribution in [3.63, 3.8) is 0 Å². The average molecular weight is 454 g/mol. The summed E-state index contributed by atoms with van der Waals surface area (Å²) >= 11 is 0. The van der Waals surface area contributed by atoms with Gasteiger partial charge in [-0.3, -0.25) is 9.59 Å². The van der Waals surface area contributed by atoms with E-state index in [0.717, 1.165) is 51.0 Å². The van der Waals surface area contributed by atoms with Gasteiger partial charge in [0.15, 0.2) is 0 Å². The Morgan fingerprint density at radius 3 is 2.73 bits per heavy atom. The van der Waals surface area contributed by atoms with Crippen molar-refractivity contribution in [2.24, 2.45) is 17.8 Å². The average Bonchev–Trinajstić information content (AvgIpc) is 3.00. The van der Waals surface area contributed by atoms with Crippen molar-refractivity contribution in [3.8, 4) is 0 Å². The summed E-state index contributed by atoms with van der Waals surface area (Å²) in [4.78, 5) is 29.0. The number of carbonyl (C=O) groups excluding carboxylic acids is 2. The highest BCUT2D eigenvalue weighted by Gasteiger charge is 2.58. The van der Waals surface area contributed by atoms with Crippen LogP contribution < -0.4 is 10.2 Å². The van der Waals surface area contributed by atoms with Crippen LogP contribution in [-0.4, -0.2) is 49.0 Å². The van der Waals surface area contributed by atoms with E-state index in [9.17, 15) is 14.0 Å². The fraction of sp³-hybridized carbons (Fsp3) is 0.615. The van der Waals surface area contributed by atoms with Gasteiger partial charge in [0.25, 0.3) is 6.47 Å². The fourth-order valence-corrected chi connectivity index (χ4v) is 7.64. The quantitative estimate of drug-likeness (QED) is 0.690. The van der Waals surface area contributed by atoms with Gasteiger partial charge in [0, 0.05) is 50.1 Å². The Morgan fingerprint density at radius 2 is 1.91 bits per heavy atom. The molecule has 5 aliphatic rings. The van der Waals surface area contributed by atoms with Gasteiger partial charge in [0.05, 0.1) is 11.4 Å². The van der Waals surface area contributed by atoms with Crippen LogP contribution in [-0.2, 0) is 14.3 Å². The number of amides is 1. The Balaban J connectivity index is 1.46. The van der Waals surface area contributed by atoms with E-state index in [1.165, 1.54) is 25.3 Å². The van der Waals surface area contributed by atoms with Crippen LogP contribution in [0.5, 0.6) is 0 Å². The molecule has 1 saturated heterocycles. The van der Waals surface area contributed by atoms with E-state index < -0.39 is 0 Å². The van der Waals surface area contributed by atoms with Crippen molar-refractivity contribution >= 4 is 23.8 Å². The number of benzene rings is 1. The van der Waals surface area contributed by atoms with Crippen molar-refractivity contribution in [2.45, 2.75) is 56.9 Å². The van der Waals surface area contributed by atoms with Gasteiger partial charge in [-0.15, -0.1) is 0 Å². The Labute approximate surface area is 194 Å². The van der Waals surface area contributed by atoms with Gasteiger partial charge in [-0.25, -0.2) is 4.39 Å². The predicted octanol–water partition coefficient (Wildman–Crippen LogP) is 3.67. The molecular formula is C26H32FN3O3. The lowest BCUT2D eigenvalue weighted by Crippen LogP contribution is -2.53. The summed E-state index contributed by atoms with van der Waals surface area (Å²) in [7, 11) is 0. The molecule has 6 rings (SSSR count). The predicted molar refractivity (Wildman–Crippen MR) is 123 cm³/mol. The van der Waals surface area contributed by atoms with Crippen molar-refractivity contribution in [3.05, 3.63) is 35.3 Å². The zero-order chi connectivity index (χ0) is 22.6. The zero-order valence-electron chi connectivity index (χ0n) is 19.0. The van der Waals surface area contributed by atoms with Crippen LogP contribution >= 0.6 is 0 Å². The van der Waals surface area contributed by atoms with Gasteiger partial charge >= 0.3 is 0 Å². The molecule has 3 aliphatic carbocycles. The Morgan fingerprint density at radius 1 is 1.09 bits per heavy atom. The number of anilines is 1. The van der Waals surface area contributed by atoms with Gasteiger partial charge in [-0.2, -0.15) is 0 Å². The van der Waals surface area contributed by atoms with Gasteiger partial charge in [0.2, 0.25) is 5.91 Å². The fourth-order valence-electron chi connectivity index (χ4n) is 7.64. The van der Waals surface area contributed by atoms with Crippen LogP contribution in [0.3, 0.4) is 0 Å². The summed E-state index contributed by atoms with van der Waals surface area (Å²) in [6.45, 7) is 3.54. The van der Waals surface area contributed by atoms with Crippen LogP contribution in [0, 0.1) is 23.6 Å². The maximum atomic E-state index is 14.9. The number of nitrogens with one attached hydrogen (secondary N) is 1. The van der Waals surface area contributed by atoms with Gasteiger partial charge in [0.1, 0.15) is 11.6 Å². The number of nitrogens with zero attached hydrogens (tertiary/aromatic N) is 2. The van der Waals surface area contributed by atoms with E-state index in [4.69, 9.17) is 4.74 Å². The lowest BCUT2D eigenvalue weighted by atomic mass is 9.69. The molecule has 0 aromatic heterocycles. The second-order valence-corrected chi connectivity index (χ2v) is 10.7. The number of allylic oxidation sites excluding steroid dienone is 1. The smallest absolute Gasteiger partial charge is 0.298 e. The lowest BCUT2D eigenvalue weighted by Gasteiger charge is -2.49. The second kappa shape index (κ2) is 8.12. The molecule has 33 heavy (non-hydrogen) atoms. The summed E-state index contributed by atoms with van der Waals surface area (Å²) in [5.74, 6) is 2.42. The third-order valence-electron chi connectivity index (χ3n) is 8.85. The first-order valence-electron chi connectivity index (χ1n) is 12.5. The highest BCUT2D eigenvalue weighted by Crippen LogP contribution is 2.61. The van der Waals surface area contributed by atoms with Crippen LogP contribution in [0.25, 0.3) is 5.70 Å². The summed E-state index contributed by atoms with van der Waals surface area (Å²) in [6, 6.07) is 5.10. The molecule has 1 N–H and O–H groups in total. The van der Waals surface area contributed by atoms with E-state index in [1.54, 1.807) is 6.07 Å². The SMILES string of the molecule is O=COC1=C(c2ccc(F)c(N3CCNCC3)c2)N(C23CC4CCC(C2)C(C4)C3)C(=O)CC1. The number of fused-ring (bicyclic) bond motifs is 2. The van der Waals surface area contributed by atoms with E-state index in [2.05, 4.69) is 10.2 Å². The molecule has 2 aliphatic heterocycles. The number of halogens is 1. The molecule has 4 unspecified atom stereocenters. The molecule has 4 atom stereocenters. The molecule has 7 heteroatoms. The van der Waals surface area contributed by atoms with Crippen LogP contribution in [0.1, 0.15) is 56.9 Å². The number of rotatable bonds is 5. The van der Waals surface area contributed by atoms with Crippen molar-refractivity contribution in [1.29, 1.82) is 0 Å². The monoisotopic (exact) mass is 453 g/mol. The topological polar surface area (TPSA) is 61.9 Å². The summed E-state index contributed by atoms with van der Waals surface area (Å²) in [5.41, 5.74) is 1.81. The van der Waals surface area contributed by atoms with Gasteiger partial charge in [-0.1, -0.05) is 6.42 Å². The molecule has 1 amide bonds. The van der Waals surface area contributed by atoms with Crippen molar-refractivity contribution in [1.82, 2.24) is 10.2 Å². The van der Waals surface area contributed by atoms with Gasteiger partial charge in [-0.05, 0) is 68.1 Å². The first-order valence-corrected chi connectivity index (χ1v) is 12.5. The third-order valence-corrected chi connectivity index (χ3v) is 8.85. The minimum absolute atomic E-state index is 0.109. The maximum Gasteiger partial charge on any atom is 0.298 e.